The van der Waals surface area contributed by atoms with Crippen LogP contribution in [0.2, 0.25) is 0 Å². The first-order chi connectivity index (χ1) is 13.0. The van der Waals surface area contributed by atoms with Crippen LogP contribution < -0.4 is 10.2 Å². The summed E-state index contributed by atoms with van der Waals surface area (Å²) in [6.07, 6.45) is 3.59. The van der Waals surface area contributed by atoms with Gasteiger partial charge in [-0.3, -0.25) is 24.6 Å². The number of aryl methyl sites for hydroxylation is 1. The van der Waals surface area contributed by atoms with Gasteiger partial charge in [-0.1, -0.05) is 18.2 Å². The highest BCUT2D eigenvalue weighted by Gasteiger charge is 2.34. The molecule has 1 aliphatic rings. The first-order valence-corrected chi connectivity index (χ1v) is 10.4. The lowest BCUT2D eigenvalue weighted by molar-refractivity contribution is -0.146. The average molecular weight is 431 g/mol. The molecule has 0 radical (unpaired) electrons. The number of hydrogen-bond donors (Lipinski definition) is 2. The minimum Gasteiger partial charge on any atom is -0.480 e. The van der Waals surface area contributed by atoms with Crippen LogP contribution in [-0.2, 0) is 25.5 Å². The highest BCUT2D eigenvalue weighted by atomic mass is 35.5. The summed E-state index contributed by atoms with van der Waals surface area (Å²) >= 11 is 1.61. The van der Waals surface area contributed by atoms with Crippen LogP contribution in [0.5, 0.6) is 0 Å². The fourth-order valence-electron chi connectivity index (χ4n) is 3.16. The molecular formula is C19H27ClN2O5S. The number of thioether (sulfide) groups is 1. The lowest BCUT2D eigenvalue weighted by Gasteiger charge is -2.27. The normalized spacial score (nSPS) is 17.1. The molecule has 0 saturated carbocycles. The van der Waals surface area contributed by atoms with Gasteiger partial charge in [-0.25, -0.2) is 0 Å². The van der Waals surface area contributed by atoms with Gasteiger partial charge in [0, 0.05) is 5.69 Å². The third kappa shape index (κ3) is 6.39. The molecule has 0 unspecified atom stereocenters. The summed E-state index contributed by atoms with van der Waals surface area (Å²) in [5.74, 6) is -1.05. The average Bonchev–Trinajstić information content (AvgIpc) is 2.77. The maximum Gasteiger partial charge on any atom is 0.323 e. The SMILES string of the molecule is CCOC(=O)[C@H](CCSC)N[C@H]1CCc2ccccc2N(CC(=O)O)C1=O.Cl. The predicted molar refractivity (Wildman–Crippen MR) is 112 cm³/mol. The first-order valence-electron chi connectivity index (χ1n) is 9.00. The molecule has 156 valence electrons. The molecule has 1 heterocycles. The number of amides is 1. The molecule has 0 bridgehead atoms. The van der Waals surface area contributed by atoms with Gasteiger partial charge < -0.3 is 9.84 Å². The lowest BCUT2D eigenvalue weighted by Crippen LogP contribution is -2.53. The molecule has 2 atom stereocenters. The molecule has 28 heavy (non-hydrogen) atoms. The van der Waals surface area contributed by atoms with Crippen LogP contribution in [0.4, 0.5) is 5.69 Å². The zero-order valence-electron chi connectivity index (χ0n) is 16.1. The Bertz CT molecular complexity index is 688. The van der Waals surface area contributed by atoms with Crippen LogP contribution in [0, 0.1) is 0 Å². The van der Waals surface area contributed by atoms with E-state index < -0.39 is 24.6 Å². The number of anilines is 1. The van der Waals surface area contributed by atoms with E-state index in [0.29, 0.717) is 24.9 Å². The minimum absolute atomic E-state index is 0. The number of halogens is 1. The molecule has 0 fully saturated rings. The second-order valence-corrected chi connectivity index (χ2v) is 7.28. The van der Waals surface area contributed by atoms with Crippen molar-refractivity contribution in [2.75, 3.05) is 30.1 Å². The van der Waals surface area contributed by atoms with E-state index in [9.17, 15) is 19.5 Å². The third-order valence-electron chi connectivity index (χ3n) is 4.43. The van der Waals surface area contributed by atoms with Crippen LogP contribution in [0.3, 0.4) is 0 Å². The van der Waals surface area contributed by atoms with Crippen LogP contribution in [0.15, 0.2) is 24.3 Å². The molecule has 0 aliphatic carbocycles. The number of esters is 1. The van der Waals surface area contributed by atoms with Gasteiger partial charge in [-0.2, -0.15) is 11.8 Å². The quantitative estimate of drug-likeness (QED) is 0.579. The summed E-state index contributed by atoms with van der Waals surface area (Å²) in [4.78, 5) is 38.0. The second-order valence-electron chi connectivity index (χ2n) is 6.29. The Labute approximate surface area is 175 Å². The van der Waals surface area contributed by atoms with Crippen molar-refractivity contribution in [1.29, 1.82) is 0 Å². The van der Waals surface area contributed by atoms with Gasteiger partial charge in [-0.05, 0) is 49.8 Å². The van der Waals surface area contributed by atoms with Crippen molar-refractivity contribution >= 4 is 47.7 Å². The Morgan fingerprint density at radius 3 is 2.75 bits per heavy atom. The molecule has 1 amide bonds. The summed E-state index contributed by atoms with van der Waals surface area (Å²) in [6, 6.07) is 6.07. The van der Waals surface area contributed by atoms with Crippen molar-refractivity contribution in [3.8, 4) is 0 Å². The lowest BCUT2D eigenvalue weighted by atomic mass is 10.0. The highest BCUT2D eigenvalue weighted by Crippen LogP contribution is 2.27. The van der Waals surface area contributed by atoms with Crippen LogP contribution in [0.25, 0.3) is 0 Å². The summed E-state index contributed by atoms with van der Waals surface area (Å²) in [5, 5.41) is 12.4. The number of carbonyl (C=O) groups is 3. The number of nitrogens with one attached hydrogen (secondary N) is 1. The molecule has 1 aliphatic heterocycles. The van der Waals surface area contributed by atoms with E-state index in [1.165, 1.54) is 4.90 Å². The van der Waals surface area contributed by atoms with Crippen LogP contribution >= 0.6 is 24.2 Å². The molecule has 2 N–H and O–H groups in total. The Hall–Kier alpha value is -1.77. The number of benzene rings is 1. The van der Waals surface area contributed by atoms with E-state index in [0.717, 1.165) is 11.3 Å². The van der Waals surface area contributed by atoms with Crippen LogP contribution in [-0.4, -0.2) is 60.2 Å². The van der Waals surface area contributed by atoms with Crippen molar-refractivity contribution in [3.05, 3.63) is 29.8 Å². The number of carbonyl (C=O) groups excluding carboxylic acids is 2. The summed E-state index contributed by atoms with van der Waals surface area (Å²) in [7, 11) is 0. The number of nitrogens with zero attached hydrogens (tertiary/aromatic N) is 1. The van der Waals surface area contributed by atoms with Crippen molar-refractivity contribution in [2.45, 2.75) is 38.3 Å². The topological polar surface area (TPSA) is 95.9 Å². The fourth-order valence-corrected chi connectivity index (χ4v) is 3.63. The largest absolute Gasteiger partial charge is 0.480 e. The zero-order chi connectivity index (χ0) is 19.8. The number of ether oxygens (including phenoxy) is 1. The van der Waals surface area contributed by atoms with E-state index in [2.05, 4.69) is 5.32 Å². The molecule has 0 aromatic heterocycles. The number of hydrogen-bond acceptors (Lipinski definition) is 6. The fraction of sp³-hybridized carbons (Fsp3) is 0.526. The van der Waals surface area contributed by atoms with Crippen molar-refractivity contribution in [2.24, 2.45) is 0 Å². The number of para-hydroxylation sites is 1. The van der Waals surface area contributed by atoms with E-state index >= 15 is 0 Å². The molecule has 9 heteroatoms. The predicted octanol–water partition coefficient (Wildman–Crippen LogP) is 2.12. The Kier molecular flexibility index (Phi) is 10.3. The molecule has 0 saturated heterocycles. The third-order valence-corrected chi connectivity index (χ3v) is 5.07. The maximum absolute atomic E-state index is 13.1. The van der Waals surface area contributed by atoms with Gasteiger partial charge in [0.2, 0.25) is 5.91 Å². The standard InChI is InChI=1S/C19H26N2O5S.ClH/c1-3-26-19(25)15(10-11-27-2)20-14-9-8-13-6-4-5-7-16(13)21(18(14)24)12-17(22)23;/h4-7,14-15,20H,3,8-12H2,1-2H3,(H,22,23);1H/t14-,15-;/m0./s1. The number of carboxylic acids is 1. The summed E-state index contributed by atoms with van der Waals surface area (Å²) in [5.41, 5.74) is 1.54. The van der Waals surface area contributed by atoms with Crippen molar-refractivity contribution in [3.63, 3.8) is 0 Å². The Balaban J connectivity index is 0.00000392. The molecule has 1 aromatic rings. The zero-order valence-corrected chi connectivity index (χ0v) is 17.7. The van der Waals surface area contributed by atoms with Crippen molar-refractivity contribution in [1.82, 2.24) is 5.32 Å². The van der Waals surface area contributed by atoms with Gasteiger partial charge in [0.15, 0.2) is 0 Å². The van der Waals surface area contributed by atoms with Gasteiger partial charge in [0.25, 0.3) is 0 Å². The molecular weight excluding hydrogens is 404 g/mol. The second kappa shape index (κ2) is 11.9. The summed E-state index contributed by atoms with van der Waals surface area (Å²) < 4.78 is 5.13. The Morgan fingerprint density at radius 2 is 2.11 bits per heavy atom. The highest BCUT2D eigenvalue weighted by molar-refractivity contribution is 7.98. The molecule has 0 spiro atoms. The number of carboxylic acid groups (broad SMARTS) is 1. The smallest absolute Gasteiger partial charge is 0.323 e. The molecule has 2 rings (SSSR count). The van der Waals surface area contributed by atoms with Crippen LogP contribution in [0.1, 0.15) is 25.3 Å². The van der Waals surface area contributed by atoms with Crippen molar-refractivity contribution < 1.29 is 24.2 Å². The summed E-state index contributed by atoms with van der Waals surface area (Å²) in [6.45, 7) is 1.60. The number of rotatable bonds is 9. The van der Waals surface area contributed by atoms with Gasteiger partial charge in [-0.15, -0.1) is 12.4 Å². The molecule has 1 aromatic carbocycles. The maximum atomic E-state index is 13.1. The van der Waals surface area contributed by atoms with E-state index in [4.69, 9.17) is 4.74 Å². The van der Waals surface area contributed by atoms with Gasteiger partial charge >= 0.3 is 11.9 Å². The Morgan fingerprint density at radius 1 is 1.39 bits per heavy atom. The number of aliphatic carboxylic acids is 1. The van der Waals surface area contributed by atoms with Gasteiger partial charge in [0.1, 0.15) is 12.6 Å². The van der Waals surface area contributed by atoms with E-state index in [1.807, 2.05) is 18.4 Å². The first kappa shape index (κ1) is 24.3. The molecule has 7 nitrogen and oxygen atoms in total. The van der Waals surface area contributed by atoms with Gasteiger partial charge in [0.05, 0.1) is 12.6 Å². The number of fused-ring (bicyclic) bond motifs is 1. The van der Waals surface area contributed by atoms with E-state index in [1.54, 1.807) is 30.8 Å². The monoisotopic (exact) mass is 430 g/mol. The minimum atomic E-state index is -1.08. The van der Waals surface area contributed by atoms with E-state index in [-0.39, 0.29) is 30.9 Å².